The van der Waals surface area contributed by atoms with Crippen molar-refractivity contribution in [3.63, 3.8) is 0 Å². The molecule has 3 fully saturated rings. The fourth-order valence-electron chi connectivity index (χ4n) is 7.84. The molecule has 2 saturated heterocycles. The van der Waals surface area contributed by atoms with Crippen molar-refractivity contribution >= 4 is 58.5 Å². The van der Waals surface area contributed by atoms with Crippen molar-refractivity contribution in [2.45, 2.75) is 41.5 Å². The second kappa shape index (κ2) is 12.0. The van der Waals surface area contributed by atoms with Gasteiger partial charge in [-0.25, -0.2) is 9.29 Å². The lowest BCUT2D eigenvalue weighted by atomic mass is 9.56. The first-order valence-corrected chi connectivity index (χ1v) is 16.4. The number of anilines is 1. The summed E-state index contributed by atoms with van der Waals surface area (Å²) in [7, 11) is 0. The number of aliphatic carboxylic acids is 1. The number of aromatic hydroxyl groups is 1. The third kappa shape index (κ3) is 5.01. The Morgan fingerprint density at radius 2 is 1.65 bits per heavy atom. The highest BCUT2D eigenvalue weighted by Crippen LogP contribution is 2.66. The number of likely N-dealkylation sites (tertiary alicyclic amines) is 1. The first kappa shape index (κ1) is 32.8. The molecule has 4 aliphatic rings. The lowest BCUT2D eigenvalue weighted by Gasteiger charge is -2.50. The van der Waals surface area contributed by atoms with Gasteiger partial charge in [-0.3, -0.25) is 28.9 Å². The van der Waals surface area contributed by atoms with E-state index in [1.807, 2.05) is 30.3 Å². The number of amides is 4. The van der Waals surface area contributed by atoms with Crippen LogP contribution in [0.15, 0.2) is 84.4 Å². The number of carboxylic acid groups (broad SMARTS) is 1. The minimum atomic E-state index is -2.23. The number of benzene rings is 3. The Bertz CT molecular complexity index is 1940. The molecule has 6 atom stereocenters. The van der Waals surface area contributed by atoms with E-state index in [2.05, 4.69) is 0 Å². The van der Waals surface area contributed by atoms with Crippen LogP contribution >= 0.6 is 23.2 Å². The molecule has 0 aromatic heterocycles. The van der Waals surface area contributed by atoms with Gasteiger partial charge in [0.05, 0.1) is 23.9 Å². The van der Waals surface area contributed by atoms with Gasteiger partial charge in [0.1, 0.15) is 23.9 Å². The summed E-state index contributed by atoms with van der Waals surface area (Å²) >= 11 is 14.7. The highest BCUT2D eigenvalue weighted by atomic mass is 35.5. The monoisotopic (exact) mass is 706 g/mol. The topological polar surface area (TPSA) is 142 Å². The third-order valence-electron chi connectivity index (χ3n) is 10.1. The summed E-state index contributed by atoms with van der Waals surface area (Å²) in [5, 5.41) is 20.7. The second-order valence-corrected chi connectivity index (χ2v) is 14.0. The number of carboxylic acids is 1. The van der Waals surface area contributed by atoms with Crippen LogP contribution < -0.4 is 9.64 Å². The molecule has 2 aliphatic carbocycles. The van der Waals surface area contributed by atoms with E-state index in [-0.39, 0.29) is 43.0 Å². The molecule has 2 aliphatic heterocycles. The number of hydrogen-bond donors (Lipinski definition) is 2. The number of carbonyl (C=O) groups is 5. The number of imide groups is 2. The molecule has 0 spiro atoms. The minimum Gasteiger partial charge on any atom is -0.508 e. The van der Waals surface area contributed by atoms with Gasteiger partial charge >= 0.3 is 5.97 Å². The number of allylic oxidation sites excluding steroid dienone is 2. The van der Waals surface area contributed by atoms with Crippen LogP contribution in [0.2, 0.25) is 0 Å². The number of hydrogen-bond acceptors (Lipinski definition) is 7. The zero-order valence-corrected chi connectivity index (χ0v) is 27.2. The van der Waals surface area contributed by atoms with Gasteiger partial charge in [-0.2, -0.15) is 0 Å². The van der Waals surface area contributed by atoms with Gasteiger partial charge in [-0.15, -0.1) is 23.2 Å². The van der Waals surface area contributed by atoms with Crippen LogP contribution in [0.3, 0.4) is 0 Å². The van der Waals surface area contributed by atoms with Gasteiger partial charge in [0.15, 0.2) is 9.75 Å². The van der Waals surface area contributed by atoms with Crippen LogP contribution in [0.4, 0.5) is 10.1 Å². The molecule has 13 heteroatoms. The lowest BCUT2D eigenvalue weighted by Crippen LogP contribution is -2.60. The highest BCUT2D eigenvalue weighted by Gasteiger charge is 2.76. The summed E-state index contributed by atoms with van der Waals surface area (Å²) in [6.07, 6.45) is 1.03. The first-order chi connectivity index (χ1) is 23.4. The van der Waals surface area contributed by atoms with E-state index in [1.54, 1.807) is 12.1 Å². The highest BCUT2D eigenvalue weighted by molar-refractivity contribution is 6.58. The summed E-state index contributed by atoms with van der Waals surface area (Å²) in [5.74, 6) is -8.70. The van der Waals surface area contributed by atoms with E-state index < -0.39 is 75.3 Å². The fraction of sp³-hybridized carbons (Fsp3) is 0.306. The van der Waals surface area contributed by atoms with Gasteiger partial charge in [0, 0.05) is 24.1 Å². The first-order valence-electron chi connectivity index (χ1n) is 15.7. The molecular formula is C36H29Cl2FN2O8. The van der Waals surface area contributed by atoms with Crippen LogP contribution in [0, 0.1) is 23.6 Å². The zero-order chi connectivity index (χ0) is 34.8. The summed E-state index contributed by atoms with van der Waals surface area (Å²) in [4.78, 5) is 64.7. The zero-order valence-electron chi connectivity index (χ0n) is 25.7. The van der Waals surface area contributed by atoms with Crippen LogP contribution in [0.25, 0.3) is 0 Å². The molecule has 10 nitrogen and oxygen atoms in total. The molecule has 0 radical (unpaired) electrons. The largest absolute Gasteiger partial charge is 0.508 e. The van der Waals surface area contributed by atoms with Crippen molar-refractivity contribution in [2.75, 3.05) is 11.4 Å². The molecule has 3 aromatic carbocycles. The van der Waals surface area contributed by atoms with Crippen molar-refractivity contribution in [2.24, 2.45) is 17.8 Å². The number of ether oxygens (including phenoxy) is 1. The van der Waals surface area contributed by atoms with Crippen LogP contribution in [0.1, 0.15) is 36.3 Å². The smallest absolute Gasteiger partial charge is 0.305 e. The molecule has 4 amide bonds. The fourth-order valence-corrected chi connectivity index (χ4v) is 8.76. The Morgan fingerprint density at radius 3 is 2.33 bits per heavy atom. The normalized spacial score (nSPS) is 29.0. The number of phenolic OH excluding ortho intramolecular Hbond substituents is 1. The number of halogens is 3. The maximum absolute atomic E-state index is 14.5. The van der Waals surface area contributed by atoms with E-state index in [1.165, 1.54) is 24.3 Å². The van der Waals surface area contributed by atoms with Crippen molar-refractivity contribution < 1.29 is 43.3 Å². The molecule has 7 rings (SSSR count). The van der Waals surface area contributed by atoms with E-state index in [9.17, 15) is 38.6 Å². The van der Waals surface area contributed by atoms with Gasteiger partial charge in [-0.05, 0) is 54.7 Å². The number of alkyl halides is 2. The Kier molecular flexibility index (Phi) is 8.03. The predicted molar refractivity (Wildman–Crippen MR) is 174 cm³/mol. The van der Waals surface area contributed by atoms with E-state index in [4.69, 9.17) is 27.9 Å². The molecule has 252 valence electrons. The Balaban J connectivity index is 1.33. The average Bonchev–Trinajstić information content (AvgIpc) is 3.41. The number of carbonyl (C=O) groups excluding carboxylic acids is 4. The summed E-state index contributed by atoms with van der Waals surface area (Å²) < 4.78 is 19.8. The SMILES string of the molecule is O=C(O)CCN1C(=O)[C@H]2[C@H](CC=C3[C@H]2C[C@@]2(Cl)C(=O)N(c4ccc(F)cc4)C(=O)[C@@]2(Cl)[C@H]3c2ccc(OCc3ccccc3)cc2O)C1=O. The van der Waals surface area contributed by atoms with Crippen LogP contribution in [-0.2, 0) is 30.6 Å². The van der Waals surface area contributed by atoms with Crippen molar-refractivity contribution in [3.8, 4) is 11.5 Å². The van der Waals surface area contributed by atoms with Crippen LogP contribution in [-0.4, -0.2) is 61.0 Å². The Hall–Kier alpha value is -4.74. The molecule has 49 heavy (non-hydrogen) atoms. The molecule has 3 aromatic rings. The summed E-state index contributed by atoms with van der Waals surface area (Å²) in [6.45, 7) is -0.115. The van der Waals surface area contributed by atoms with E-state index in [0.717, 1.165) is 27.5 Å². The molecule has 2 heterocycles. The summed E-state index contributed by atoms with van der Waals surface area (Å²) in [5.41, 5.74) is 1.51. The van der Waals surface area contributed by atoms with Gasteiger partial charge < -0.3 is 14.9 Å². The van der Waals surface area contributed by atoms with Crippen molar-refractivity contribution in [1.82, 2.24) is 4.90 Å². The number of fused-ring (bicyclic) bond motifs is 4. The minimum absolute atomic E-state index is 0.0280. The van der Waals surface area contributed by atoms with Gasteiger partial charge in [-0.1, -0.05) is 48.0 Å². The number of rotatable bonds is 8. The van der Waals surface area contributed by atoms with Crippen molar-refractivity contribution in [1.29, 1.82) is 0 Å². The quantitative estimate of drug-likeness (QED) is 0.186. The Morgan fingerprint density at radius 1 is 0.939 bits per heavy atom. The maximum Gasteiger partial charge on any atom is 0.305 e. The second-order valence-electron chi connectivity index (χ2n) is 12.7. The lowest BCUT2D eigenvalue weighted by molar-refractivity contribution is -0.142. The van der Waals surface area contributed by atoms with Crippen molar-refractivity contribution in [3.05, 3.63) is 101 Å². The molecule has 1 saturated carbocycles. The Labute approximate surface area is 289 Å². The molecule has 0 unspecified atom stereocenters. The average molecular weight is 708 g/mol. The molecule has 2 N–H and O–H groups in total. The van der Waals surface area contributed by atoms with E-state index >= 15 is 0 Å². The number of phenols is 1. The predicted octanol–water partition coefficient (Wildman–Crippen LogP) is 5.15. The van der Waals surface area contributed by atoms with Crippen LogP contribution in [0.5, 0.6) is 11.5 Å². The standard InChI is InChI=1S/C36H29Cl2FN2O8/c37-35-17-26-23(12-13-25-29(26)32(46)40(31(25)45)15-14-28(43)44)30(24-11-10-22(16-27(24)42)49-18-19-4-2-1-3-5-19)36(35,38)34(48)41(33(35)47)21-8-6-20(39)7-9-21/h1-12,16,25-26,29-30,42H,13-15,17-18H2,(H,43,44)/t25-,26+,29-,30+,35+,36-/m0/s1. The maximum atomic E-state index is 14.5. The summed E-state index contributed by atoms with van der Waals surface area (Å²) in [6, 6.07) is 18.5. The van der Waals surface area contributed by atoms with Gasteiger partial charge in [0.25, 0.3) is 11.8 Å². The third-order valence-corrected chi connectivity index (χ3v) is 11.5. The van der Waals surface area contributed by atoms with Gasteiger partial charge in [0.2, 0.25) is 11.8 Å². The molecular weight excluding hydrogens is 678 g/mol. The van der Waals surface area contributed by atoms with E-state index in [0.29, 0.717) is 11.3 Å². The number of nitrogens with zero attached hydrogens (tertiary/aromatic N) is 2. The molecule has 0 bridgehead atoms.